The first kappa shape index (κ1) is 16.7. The fourth-order valence-electron chi connectivity index (χ4n) is 3.07. The molecule has 0 saturated heterocycles. The fraction of sp³-hybridized carbons (Fsp3) is 0.167. The molecule has 4 aromatic rings. The van der Waals surface area contributed by atoms with E-state index in [9.17, 15) is 14.4 Å². The van der Waals surface area contributed by atoms with Crippen LogP contribution in [0.1, 0.15) is 0 Å². The molecule has 9 heteroatoms. The third-order valence-electron chi connectivity index (χ3n) is 4.44. The van der Waals surface area contributed by atoms with Crippen LogP contribution in [0.25, 0.3) is 22.1 Å². The van der Waals surface area contributed by atoms with Crippen LogP contribution < -0.4 is 16.6 Å². The number of imidazole rings is 1. The molecule has 4 rings (SSSR count). The number of nitrogens with one attached hydrogen (secondary N) is 1. The van der Waals surface area contributed by atoms with Crippen LogP contribution >= 0.6 is 0 Å². The number of nitrogens with zero attached hydrogens (tertiary/aromatic N) is 5. The molecular weight excluding hydrogens is 348 g/mol. The van der Waals surface area contributed by atoms with Gasteiger partial charge in [0.05, 0.1) is 17.5 Å². The van der Waals surface area contributed by atoms with Gasteiger partial charge < -0.3 is 9.88 Å². The third kappa shape index (κ3) is 2.69. The molecule has 0 bridgehead atoms. The minimum absolute atomic E-state index is 0.118. The molecule has 0 saturated carbocycles. The number of rotatable bonds is 3. The Labute approximate surface area is 152 Å². The summed E-state index contributed by atoms with van der Waals surface area (Å²) in [4.78, 5) is 45.4. The highest BCUT2D eigenvalue weighted by atomic mass is 16.2. The van der Waals surface area contributed by atoms with Crippen molar-refractivity contribution in [3.05, 3.63) is 63.7 Å². The number of carbonyl (C=O) groups excluding carboxylic acids is 1. The first-order valence-corrected chi connectivity index (χ1v) is 8.22. The van der Waals surface area contributed by atoms with Crippen molar-refractivity contribution in [1.29, 1.82) is 0 Å². The van der Waals surface area contributed by atoms with Gasteiger partial charge in [-0.15, -0.1) is 0 Å². The topological polar surface area (TPSA) is 104 Å². The number of pyridine rings is 1. The molecule has 0 aliphatic carbocycles. The second-order valence-electron chi connectivity index (χ2n) is 6.18. The zero-order valence-corrected chi connectivity index (χ0v) is 14.7. The Kier molecular flexibility index (Phi) is 3.84. The van der Waals surface area contributed by atoms with Gasteiger partial charge in [0.25, 0.3) is 5.56 Å². The van der Waals surface area contributed by atoms with Crippen LogP contribution in [0.3, 0.4) is 0 Å². The highest BCUT2D eigenvalue weighted by Gasteiger charge is 2.16. The number of benzene rings is 1. The van der Waals surface area contributed by atoms with Gasteiger partial charge in [-0.25, -0.2) is 9.78 Å². The summed E-state index contributed by atoms with van der Waals surface area (Å²) in [5, 5.41) is 3.73. The predicted octanol–water partition coefficient (Wildman–Crippen LogP) is 0.621. The van der Waals surface area contributed by atoms with Crippen LogP contribution in [0.15, 0.2) is 52.4 Å². The Bertz CT molecular complexity index is 1310. The molecule has 9 nitrogen and oxygen atoms in total. The van der Waals surface area contributed by atoms with Crippen LogP contribution in [0, 0.1) is 0 Å². The van der Waals surface area contributed by atoms with Gasteiger partial charge in [-0.05, 0) is 12.1 Å². The lowest BCUT2D eigenvalue weighted by Gasteiger charge is -2.09. The van der Waals surface area contributed by atoms with Gasteiger partial charge in [-0.3, -0.25) is 23.7 Å². The number of amides is 1. The maximum absolute atomic E-state index is 12.6. The van der Waals surface area contributed by atoms with Crippen LogP contribution in [0.4, 0.5) is 5.69 Å². The van der Waals surface area contributed by atoms with E-state index < -0.39 is 11.2 Å². The van der Waals surface area contributed by atoms with Crippen LogP contribution in [0.2, 0.25) is 0 Å². The summed E-state index contributed by atoms with van der Waals surface area (Å²) in [5.41, 5.74) is 0.743. The monoisotopic (exact) mass is 364 g/mol. The number of hydrogen-bond donors (Lipinski definition) is 1. The van der Waals surface area contributed by atoms with Crippen molar-refractivity contribution in [2.24, 2.45) is 14.1 Å². The Morgan fingerprint density at radius 1 is 1.07 bits per heavy atom. The Hall–Kier alpha value is -3.75. The Morgan fingerprint density at radius 3 is 2.67 bits per heavy atom. The standard InChI is InChI=1S/C18H16N6O3/c1-22-16-15(17(26)23(2)18(22)27)24(10-20-16)9-13(25)21-12-7-3-5-11-6-4-8-19-14(11)12/h3-8,10H,9H2,1-2H3,(H,21,25). The molecule has 3 heterocycles. The molecule has 0 fully saturated rings. The summed E-state index contributed by atoms with van der Waals surface area (Å²) in [6.45, 7) is -0.118. The normalized spacial score (nSPS) is 11.2. The first-order chi connectivity index (χ1) is 13.0. The van der Waals surface area contributed by atoms with Crippen LogP contribution in [-0.4, -0.2) is 29.6 Å². The largest absolute Gasteiger partial charge is 0.332 e. The van der Waals surface area contributed by atoms with Gasteiger partial charge >= 0.3 is 5.69 Å². The van der Waals surface area contributed by atoms with E-state index >= 15 is 0 Å². The fourth-order valence-corrected chi connectivity index (χ4v) is 3.07. The van der Waals surface area contributed by atoms with Gasteiger partial charge in [0.2, 0.25) is 5.91 Å². The molecule has 1 N–H and O–H groups in total. The minimum Gasteiger partial charge on any atom is -0.323 e. The number of fused-ring (bicyclic) bond motifs is 2. The number of aromatic nitrogens is 5. The van der Waals surface area contributed by atoms with Gasteiger partial charge in [0, 0.05) is 25.7 Å². The molecule has 27 heavy (non-hydrogen) atoms. The van der Waals surface area contributed by atoms with E-state index in [1.54, 1.807) is 12.3 Å². The summed E-state index contributed by atoms with van der Waals surface area (Å²) < 4.78 is 3.71. The molecule has 1 amide bonds. The molecular formula is C18H16N6O3. The number of anilines is 1. The molecule has 0 spiro atoms. The lowest BCUT2D eigenvalue weighted by Crippen LogP contribution is -2.37. The van der Waals surface area contributed by atoms with E-state index in [-0.39, 0.29) is 23.6 Å². The summed E-state index contributed by atoms with van der Waals surface area (Å²) in [6.07, 6.45) is 3.04. The van der Waals surface area contributed by atoms with E-state index in [1.807, 2.05) is 24.3 Å². The highest BCUT2D eigenvalue weighted by molar-refractivity contribution is 6.00. The van der Waals surface area contributed by atoms with E-state index in [2.05, 4.69) is 15.3 Å². The lowest BCUT2D eigenvalue weighted by molar-refractivity contribution is -0.116. The number of carbonyl (C=O) groups is 1. The van der Waals surface area contributed by atoms with Crippen molar-refractivity contribution < 1.29 is 4.79 Å². The quantitative estimate of drug-likeness (QED) is 0.574. The molecule has 0 aliphatic heterocycles. The molecule has 1 aromatic carbocycles. The van der Waals surface area contributed by atoms with Crippen molar-refractivity contribution in [3.8, 4) is 0 Å². The second kappa shape index (κ2) is 6.20. The molecule has 0 unspecified atom stereocenters. The van der Waals surface area contributed by atoms with E-state index in [1.165, 1.54) is 29.6 Å². The van der Waals surface area contributed by atoms with Crippen molar-refractivity contribution in [2.75, 3.05) is 5.32 Å². The molecule has 3 aromatic heterocycles. The summed E-state index contributed by atoms with van der Waals surface area (Å²) in [7, 11) is 2.92. The predicted molar refractivity (Wildman–Crippen MR) is 101 cm³/mol. The van der Waals surface area contributed by atoms with E-state index in [0.717, 1.165) is 9.95 Å². The van der Waals surface area contributed by atoms with Crippen molar-refractivity contribution in [2.45, 2.75) is 6.54 Å². The maximum atomic E-state index is 12.6. The summed E-state index contributed by atoms with van der Waals surface area (Å²) in [5.74, 6) is -0.330. The average molecular weight is 364 g/mol. The zero-order chi connectivity index (χ0) is 19.1. The smallest absolute Gasteiger partial charge is 0.323 e. The third-order valence-corrected chi connectivity index (χ3v) is 4.44. The first-order valence-electron chi connectivity index (χ1n) is 8.22. The minimum atomic E-state index is -0.495. The van der Waals surface area contributed by atoms with Crippen LogP contribution in [0.5, 0.6) is 0 Å². The second-order valence-corrected chi connectivity index (χ2v) is 6.18. The van der Waals surface area contributed by atoms with Crippen LogP contribution in [-0.2, 0) is 25.4 Å². The molecule has 0 radical (unpaired) electrons. The number of aryl methyl sites for hydroxylation is 1. The molecule has 0 aliphatic rings. The number of para-hydroxylation sites is 1. The number of hydrogen-bond acceptors (Lipinski definition) is 5. The van der Waals surface area contributed by atoms with Crippen molar-refractivity contribution >= 4 is 33.7 Å². The Morgan fingerprint density at radius 2 is 1.85 bits per heavy atom. The highest BCUT2D eigenvalue weighted by Crippen LogP contribution is 2.20. The van der Waals surface area contributed by atoms with Gasteiger partial charge in [0.15, 0.2) is 11.2 Å². The van der Waals surface area contributed by atoms with Gasteiger partial charge in [-0.1, -0.05) is 18.2 Å². The van der Waals surface area contributed by atoms with Gasteiger partial charge in [-0.2, -0.15) is 0 Å². The lowest BCUT2D eigenvalue weighted by atomic mass is 10.2. The summed E-state index contributed by atoms with van der Waals surface area (Å²) >= 11 is 0. The van der Waals surface area contributed by atoms with Crippen molar-refractivity contribution in [3.63, 3.8) is 0 Å². The molecule has 0 atom stereocenters. The zero-order valence-electron chi connectivity index (χ0n) is 14.7. The van der Waals surface area contributed by atoms with Crippen molar-refractivity contribution in [1.82, 2.24) is 23.7 Å². The summed E-state index contributed by atoms with van der Waals surface area (Å²) in [6, 6.07) is 9.24. The Balaban J connectivity index is 1.70. The average Bonchev–Trinajstić information content (AvgIpc) is 3.08. The van der Waals surface area contributed by atoms with E-state index in [0.29, 0.717) is 11.2 Å². The SMILES string of the molecule is Cn1c(=O)c2c(ncn2CC(=O)Nc2cccc3cccnc23)n(C)c1=O. The van der Waals surface area contributed by atoms with E-state index in [4.69, 9.17) is 0 Å². The maximum Gasteiger partial charge on any atom is 0.332 e. The van der Waals surface area contributed by atoms with Gasteiger partial charge in [0.1, 0.15) is 6.54 Å². The molecule has 136 valence electrons.